The van der Waals surface area contributed by atoms with Crippen molar-refractivity contribution in [1.29, 1.82) is 5.26 Å². The van der Waals surface area contributed by atoms with Gasteiger partial charge in [0.25, 0.3) is 5.91 Å². The Morgan fingerprint density at radius 3 is 2.11 bits per heavy atom. The van der Waals surface area contributed by atoms with Crippen LogP contribution in [0.4, 0.5) is 17.1 Å². The van der Waals surface area contributed by atoms with E-state index in [0.717, 1.165) is 11.4 Å². The molecule has 3 rings (SSSR count). The van der Waals surface area contributed by atoms with Crippen LogP contribution in [-0.2, 0) is 0 Å². The van der Waals surface area contributed by atoms with Crippen LogP contribution >= 0.6 is 0 Å². The first-order chi connectivity index (χ1) is 13.6. The van der Waals surface area contributed by atoms with Crippen LogP contribution < -0.4 is 20.1 Å². The number of hydrogen-bond acceptors (Lipinski definition) is 5. The quantitative estimate of drug-likeness (QED) is 0.661. The Hall–Kier alpha value is -3.98. The number of nitriles is 1. The van der Waals surface area contributed by atoms with E-state index in [1.807, 2.05) is 30.3 Å². The van der Waals surface area contributed by atoms with Crippen molar-refractivity contribution in [2.24, 2.45) is 0 Å². The van der Waals surface area contributed by atoms with Crippen molar-refractivity contribution in [1.82, 2.24) is 0 Å². The summed E-state index contributed by atoms with van der Waals surface area (Å²) in [6.07, 6.45) is 0. The molecule has 0 aliphatic rings. The number of nitrogens with zero attached hydrogens (tertiary/aromatic N) is 1. The van der Waals surface area contributed by atoms with Crippen molar-refractivity contribution >= 4 is 23.0 Å². The average molecular weight is 373 g/mol. The van der Waals surface area contributed by atoms with E-state index in [0.29, 0.717) is 28.3 Å². The number of carbonyl (C=O) groups excluding carboxylic acids is 1. The molecule has 2 N–H and O–H groups in total. The highest BCUT2D eigenvalue weighted by atomic mass is 16.5. The van der Waals surface area contributed by atoms with Crippen LogP contribution in [0.3, 0.4) is 0 Å². The van der Waals surface area contributed by atoms with Gasteiger partial charge in [-0.25, -0.2) is 0 Å². The molecule has 0 aromatic heterocycles. The number of para-hydroxylation sites is 1. The summed E-state index contributed by atoms with van der Waals surface area (Å²) in [7, 11) is 3.07. The summed E-state index contributed by atoms with van der Waals surface area (Å²) in [6.45, 7) is 0. The van der Waals surface area contributed by atoms with Gasteiger partial charge in [0, 0.05) is 23.0 Å². The molecule has 0 saturated heterocycles. The highest BCUT2D eigenvalue weighted by Gasteiger charge is 2.10. The first kappa shape index (κ1) is 18.8. The summed E-state index contributed by atoms with van der Waals surface area (Å²) in [4.78, 5) is 12.5. The maximum atomic E-state index is 12.5. The first-order valence-electron chi connectivity index (χ1n) is 8.53. The van der Waals surface area contributed by atoms with E-state index in [4.69, 9.17) is 14.7 Å². The molecule has 3 aromatic carbocycles. The summed E-state index contributed by atoms with van der Waals surface area (Å²) in [5.74, 6) is 0.813. The second kappa shape index (κ2) is 8.60. The highest BCUT2D eigenvalue weighted by Crippen LogP contribution is 2.24. The molecule has 6 nitrogen and oxygen atoms in total. The molecule has 0 saturated carbocycles. The van der Waals surface area contributed by atoms with Crippen molar-refractivity contribution in [3.63, 3.8) is 0 Å². The van der Waals surface area contributed by atoms with E-state index in [1.54, 1.807) is 36.4 Å². The van der Waals surface area contributed by atoms with Crippen LogP contribution in [0.2, 0.25) is 0 Å². The van der Waals surface area contributed by atoms with E-state index < -0.39 is 0 Å². The maximum absolute atomic E-state index is 12.5. The Balaban J connectivity index is 1.72. The molecular weight excluding hydrogens is 354 g/mol. The van der Waals surface area contributed by atoms with Crippen molar-refractivity contribution in [2.45, 2.75) is 0 Å². The predicted octanol–water partition coefficient (Wildman–Crippen LogP) is 4.57. The molecule has 140 valence electrons. The topological polar surface area (TPSA) is 83.4 Å². The zero-order chi connectivity index (χ0) is 19.9. The van der Waals surface area contributed by atoms with Crippen molar-refractivity contribution in [3.8, 4) is 17.6 Å². The van der Waals surface area contributed by atoms with Gasteiger partial charge in [-0.3, -0.25) is 4.79 Å². The molecule has 0 atom stereocenters. The van der Waals surface area contributed by atoms with E-state index in [2.05, 4.69) is 16.7 Å². The van der Waals surface area contributed by atoms with Gasteiger partial charge < -0.3 is 20.1 Å². The monoisotopic (exact) mass is 373 g/mol. The minimum Gasteiger partial charge on any atom is -0.497 e. The van der Waals surface area contributed by atoms with Gasteiger partial charge >= 0.3 is 0 Å². The number of ether oxygens (including phenoxy) is 2. The Morgan fingerprint density at radius 1 is 0.893 bits per heavy atom. The summed E-state index contributed by atoms with van der Waals surface area (Å²) < 4.78 is 10.4. The summed E-state index contributed by atoms with van der Waals surface area (Å²) in [6, 6.07) is 21.6. The lowest BCUT2D eigenvalue weighted by Gasteiger charge is -2.11. The number of nitrogens with one attached hydrogen (secondary N) is 2. The van der Waals surface area contributed by atoms with Crippen molar-refractivity contribution in [3.05, 3.63) is 77.9 Å². The Labute approximate surface area is 163 Å². The molecule has 0 spiro atoms. The summed E-state index contributed by atoms with van der Waals surface area (Å²) >= 11 is 0. The minimum atomic E-state index is -0.271. The number of methoxy groups -OCH3 is 2. The van der Waals surface area contributed by atoms with Crippen molar-refractivity contribution in [2.75, 3.05) is 24.9 Å². The molecule has 3 aromatic rings. The lowest BCUT2D eigenvalue weighted by atomic mass is 10.1. The molecule has 6 heteroatoms. The predicted molar refractivity (Wildman–Crippen MR) is 108 cm³/mol. The first-order valence-corrected chi connectivity index (χ1v) is 8.53. The molecule has 0 bridgehead atoms. The molecular formula is C22H19N3O3. The number of carbonyl (C=O) groups is 1. The molecule has 0 unspecified atom stereocenters. The van der Waals surface area contributed by atoms with Crippen LogP contribution in [0.5, 0.6) is 11.5 Å². The third-order valence-electron chi connectivity index (χ3n) is 4.08. The average Bonchev–Trinajstić information content (AvgIpc) is 2.75. The number of benzene rings is 3. The Morgan fingerprint density at radius 2 is 1.50 bits per heavy atom. The smallest absolute Gasteiger partial charge is 0.255 e. The summed E-state index contributed by atoms with van der Waals surface area (Å²) in [5.41, 5.74) is 3.17. The van der Waals surface area contributed by atoms with Crippen LogP contribution in [0.1, 0.15) is 15.9 Å². The number of anilines is 3. The second-order valence-corrected chi connectivity index (χ2v) is 5.92. The molecule has 1 amide bonds. The molecule has 0 aliphatic carbocycles. The largest absolute Gasteiger partial charge is 0.497 e. The second-order valence-electron chi connectivity index (χ2n) is 5.92. The fraction of sp³-hybridized carbons (Fsp3) is 0.0909. The van der Waals surface area contributed by atoms with Gasteiger partial charge in [0.15, 0.2) is 0 Å². The van der Waals surface area contributed by atoms with Gasteiger partial charge in [0.2, 0.25) is 0 Å². The van der Waals surface area contributed by atoms with Crippen LogP contribution in [0.25, 0.3) is 0 Å². The molecule has 0 fully saturated rings. The Bertz CT molecular complexity index is 1000. The van der Waals surface area contributed by atoms with Crippen LogP contribution in [-0.4, -0.2) is 20.1 Å². The number of amides is 1. The van der Waals surface area contributed by atoms with Crippen molar-refractivity contribution < 1.29 is 14.3 Å². The third-order valence-corrected chi connectivity index (χ3v) is 4.08. The lowest BCUT2D eigenvalue weighted by Crippen LogP contribution is -2.12. The molecule has 28 heavy (non-hydrogen) atoms. The normalized spacial score (nSPS) is 9.89. The number of rotatable bonds is 6. The van der Waals surface area contributed by atoms with Crippen LogP contribution in [0.15, 0.2) is 66.7 Å². The van der Waals surface area contributed by atoms with Gasteiger partial charge in [0.05, 0.1) is 25.5 Å². The van der Waals surface area contributed by atoms with Crippen LogP contribution in [0, 0.1) is 11.3 Å². The third kappa shape index (κ3) is 4.40. The SMILES string of the molecule is COc1cc(OC)cc(C(=O)Nc2ccc(Nc3ccccc3C#N)cc2)c1. The van der Waals surface area contributed by atoms with Gasteiger partial charge in [0.1, 0.15) is 17.6 Å². The van der Waals surface area contributed by atoms with E-state index in [-0.39, 0.29) is 5.91 Å². The Kier molecular flexibility index (Phi) is 5.78. The highest BCUT2D eigenvalue weighted by molar-refractivity contribution is 6.04. The summed E-state index contributed by atoms with van der Waals surface area (Å²) in [5, 5.41) is 15.2. The van der Waals surface area contributed by atoms with Gasteiger partial charge in [-0.15, -0.1) is 0 Å². The van der Waals surface area contributed by atoms with Gasteiger partial charge in [-0.1, -0.05) is 12.1 Å². The lowest BCUT2D eigenvalue weighted by molar-refractivity contribution is 0.102. The minimum absolute atomic E-state index is 0.271. The van der Waals surface area contributed by atoms with Gasteiger partial charge in [-0.2, -0.15) is 5.26 Å². The fourth-order valence-corrected chi connectivity index (χ4v) is 2.62. The molecule has 0 radical (unpaired) electrons. The number of hydrogen-bond donors (Lipinski definition) is 2. The maximum Gasteiger partial charge on any atom is 0.255 e. The standard InChI is InChI=1S/C22H19N3O3/c1-27-19-11-16(12-20(13-19)28-2)22(26)25-18-9-7-17(8-10-18)24-21-6-4-3-5-15(21)14-23/h3-13,24H,1-2H3,(H,25,26). The molecule has 0 heterocycles. The molecule has 0 aliphatic heterocycles. The van der Waals surface area contributed by atoms with E-state index >= 15 is 0 Å². The van der Waals surface area contributed by atoms with E-state index in [1.165, 1.54) is 14.2 Å². The zero-order valence-corrected chi connectivity index (χ0v) is 15.5. The zero-order valence-electron chi connectivity index (χ0n) is 15.5. The van der Waals surface area contributed by atoms with E-state index in [9.17, 15) is 4.79 Å². The van der Waals surface area contributed by atoms with Gasteiger partial charge in [-0.05, 0) is 48.5 Å². The fourth-order valence-electron chi connectivity index (χ4n) is 2.62.